The Morgan fingerprint density at radius 3 is 3.00 bits per heavy atom. The molecule has 0 aliphatic heterocycles. The summed E-state index contributed by atoms with van der Waals surface area (Å²) in [6, 6.07) is 0. The second-order valence-electron chi connectivity index (χ2n) is 3.67. The SMILES string of the molecule is CCCCn1ncc(NCCOC)c(Cl)c1=O. The number of aromatic nitrogens is 2. The van der Waals surface area contributed by atoms with Crippen LogP contribution in [-0.2, 0) is 11.3 Å². The van der Waals surface area contributed by atoms with Crippen LogP contribution in [0, 0.1) is 0 Å². The van der Waals surface area contributed by atoms with Gasteiger partial charge in [0.1, 0.15) is 5.02 Å². The molecule has 0 saturated carbocycles. The van der Waals surface area contributed by atoms with Gasteiger partial charge in [0.05, 0.1) is 18.5 Å². The highest BCUT2D eigenvalue weighted by Gasteiger charge is 2.08. The van der Waals surface area contributed by atoms with Crippen molar-refractivity contribution in [2.24, 2.45) is 0 Å². The summed E-state index contributed by atoms with van der Waals surface area (Å²) in [6.07, 6.45) is 3.51. The van der Waals surface area contributed by atoms with E-state index in [1.54, 1.807) is 13.3 Å². The number of hydrogen-bond acceptors (Lipinski definition) is 4. The van der Waals surface area contributed by atoms with Crippen LogP contribution < -0.4 is 10.9 Å². The number of rotatable bonds is 7. The Bertz CT molecular complexity index is 406. The van der Waals surface area contributed by atoms with E-state index < -0.39 is 0 Å². The number of nitrogens with zero attached hydrogens (tertiary/aromatic N) is 2. The maximum absolute atomic E-state index is 11.8. The maximum Gasteiger partial charge on any atom is 0.287 e. The number of halogens is 1. The van der Waals surface area contributed by atoms with Gasteiger partial charge < -0.3 is 10.1 Å². The van der Waals surface area contributed by atoms with Crippen LogP contribution in [-0.4, -0.2) is 30.0 Å². The van der Waals surface area contributed by atoms with Crippen molar-refractivity contribution in [2.45, 2.75) is 26.3 Å². The third kappa shape index (κ3) is 4.02. The number of methoxy groups -OCH3 is 1. The molecule has 0 aromatic carbocycles. The molecule has 96 valence electrons. The van der Waals surface area contributed by atoms with E-state index in [4.69, 9.17) is 16.3 Å². The first-order valence-corrected chi connectivity index (χ1v) is 6.07. The molecular formula is C11H18ClN3O2. The van der Waals surface area contributed by atoms with E-state index in [2.05, 4.69) is 17.3 Å². The first-order chi connectivity index (χ1) is 8.20. The summed E-state index contributed by atoms with van der Waals surface area (Å²) in [4.78, 5) is 11.8. The summed E-state index contributed by atoms with van der Waals surface area (Å²) in [5.74, 6) is 0. The number of hydrogen-bond donors (Lipinski definition) is 1. The van der Waals surface area contributed by atoms with Gasteiger partial charge in [-0.1, -0.05) is 24.9 Å². The molecule has 0 saturated heterocycles. The van der Waals surface area contributed by atoms with E-state index in [0.29, 0.717) is 25.4 Å². The van der Waals surface area contributed by atoms with E-state index in [0.717, 1.165) is 12.8 Å². The van der Waals surface area contributed by atoms with Crippen LogP contribution in [0.1, 0.15) is 19.8 Å². The van der Waals surface area contributed by atoms with Crippen molar-refractivity contribution < 1.29 is 4.74 Å². The van der Waals surface area contributed by atoms with Gasteiger partial charge in [-0.2, -0.15) is 5.10 Å². The zero-order valence-electron chi connectivity index (χ0n) is 10.2. The first kappa shape index (κ1) is 14.0. The first-order valence-electron chi connectivity index (χ1n) is 5.69. The summed E-state index contributed by atoms with van der Waals surface area (Å²) >= 11 is 5.98. The quantitative estimate of drug-likeness (QED) is 0.758. The van der Waals surface area contributed by atoms with Crippen LogP contribution in [0.2, 0.25) is 5.02 Å². The predicted molar refractivity (Wildman–Crippen MR) is 68.8 cm³/mol. The van der Waals surface area contributed by atoms with Gasteiger partial charge in [0, 0.05) is 20.2 Å². The zero-order chi connectivity index (χ0) is 12.7. The van der Waals surface area contributed by atoms with Crippen LogP contribution in [0.4, 0.5) is 5.69 Å². The molecule has 1 heterocycles. The van der Waals surface area contributed by atoms with Gasteiger partial charge in [0.25, 0.3) is 5.56 Å². The third-order valence-corrected chi connectivity index (χ3v) is 2.70. The summed E-state index contributed by atoms with van der Waals surface area (Å²) in [5.41, 5.74) is 0.309. The summed E-state index contributed by atoms with van der Waals surface area (Å²) < 4.78 is 6.30. The van der Waals surface area contributed by atoms with Crippen molar-refractivity contribution in [3.63, 3.8) is 0 Å². The average Bonchev–Trinajstić information content (AvgIpc) is 2.34. The van der Waals surface area contributed by atoms with Gasteiger partial charge in [0.15, 0.2) is 0 Å². The van der Waals surface area contributed by atoms with E-state index in [1.165, 1.54) is 4.68 Å². The Hall–Kier alpha value is -1.07. The number of unbranched alkanes of at least 4 members (excludes halogenated alkanes) is 1. The second kappa shape index (κ2) is 7.29. The molecule has 5 nitrogen and oxygen atoms in total. The topological polar surface area (TPSA) is 56.1 Å². The Morgan fingerprint density at radius 2 is 2.35 bits per heavy atom. The lowest BCUT2D eigenvalue weighted by atomic mass is 10.3. The molecule has 0 aliphatic rings. The predicted octanol–water partition coefficient (Wildman–Crippen LogP) is 1.76. The molecule has 1 aromatic rings. The Labute approximate surface area is 106 Å². The van der Waals surface area contributed by atoms with Crippen molar-refractivity contribution in [2.75, 3.05) is 25.6 Å². The van der Waals surface area contributed by atoms with E-state index >= 15 is 0 Å². The lowest BCUT2D eigenvalue weighted by molar-refractivity contribution is 0.211. The van der Waals surface area contributed by atoms with Crippen molar-refractivity contribution >= 4 is 17.3 Å². The van der Waals surface area contributed by atoms with E-state index in [9.17, 15) is 4.79 Å². The lowest BCUT2D eigenvalue weighted by Crippen LogP contribution is -2.24. The van der Waals surface area contributed by atoms with Crippen LogP contribution in [0.3, 0.4) is 0 Å². The van der Waals surface area contributed by atoms with Gasteiger partial charge in [0.2, 0.25) is 0 Å². The minimum Gasteiger partial charge on any atom is -0.383 e. The molecule has 0 unspecified atom stereocenters. The molecule has 1 aromatic heterocycles. The molecule has 0 fully saturated rings. The van der Waals surface area contributed by atoms with Gasteiger partial charge in [-0.25, -0.2) is 4.68 Å². The van der Waals surface area contributed by atoms with Crippen molar-refractivity contribution in [1.82, 2.24) is 9.78 Å². The zero-order valence-corrected chi connectivity index (χ0v) is 11.0. The number of aryl methyl sites for hydroxylation is 1. The normalized spacial score (nSPS) is 10.5. The molecule has 0 spiro atoms. The van der Waals surface area contributed by atoms with Gasteiger partial charge in [-0.15, -0.1) is 0 Å². The minimum atomic E-state index is -0.248. The molecule has 1 rings (SSSR count). The Morgan fingerprint density at radius 1 is 1.59 bits per heavy atom. The molecule has 0 aliphatic carbocycles. The van der Waals surface area contributed by atoms with Crippen LogP contribution in [0.15, 0.2) is 11.0 Å². The number of nitrogens with one attached hydrogen (secondary N) is 1. The summed E-state index contributed by atoms with van der Waals surface area (Å²) in [6.45, 7) is 3.81. The monoisotopic (exact) mass is 259 g/mol. The molecule has 0 atom stereocenters. The minimum absolute atomic E-state index is 0.187. The fourth-order valence-corrected chi connectivity index (χ4v) is 1.56. The van der Waals surface area contributed by atoms with Gasteiger partial charge in [-0.05, 0) is 6.42 Å². The van der Waals surface area contributed by atoms with E-state index in [-0.39, 0.29) is 10.6 Å². The van der Waals surface area contributed by atoms with Crippen LogP contribution in [0.25, 0.3) is 0 Å². The van der Waals surface area contributed by atoms with Crippen LogP contribution in [0.5, 0.6) is 0 Å². The molecule has 0 bridgehead atoms. The summed E-state index contributed by atoms with van der Waals surface area (Å²) in [5, 5.41) is 7.26. The Kier molecular flexibility index (Phi) is 6.00. The molecule has 6 heteroatoms. The van der Waals surface area contributed by atoms with Crippen molar-refractivity contribution in [3.05, 3.63) is 21.6 Å². The highest BCUT2D eigenvalue weighted by Crippen LogP contribution is 2.14. The van der Waals surface area contributed by atoms with Crippen molar-refractivity contribution in [3.8, 4) is 0 Å². The number of anilines is 1. The molecular weight excluding hydrogens is 242 g/mol. The van der Waals surface area contributed by atoms with Crippen LogP contribution >= 0.6 is 11.6 Å². The van der Waals surface area contributed by atoms with Gasteiger partial charge in [-0.3, -0.25) is 4.79 Å². The molecule has 0 amide bonds. The fraction of sp³-hybridized carbons (Fsp3) is 0.636. The van der Waals surface area contributed by atoms with E-state index in [1.807, 2.05) is 0 Å². The standard InChI is InChI=1S/C11H18ClN3O2/c1-3-4-6-15-11(16)10(12)9(8-14-15)13-5-7-17-2/h8,13H,3-7H2,1-2H3. The largest absolute Gasteiger partial charge is 0.383 e. The molecule has 1 N–H and O–H groups in total. The van der Waals surface area contributed by atoms with Crippen molar-refractivity contribution in [1.29, 1.82) is 0 Å². The second-order valence-corrected chi connectivity index (χ2v) is 4.05. The average molecular weight is 260 g/mol. The lowest BCUT2D eigenvalue weighted by Gasteiger charge is -2.09. The fourth-order valence-electron chi connectivity index (χ4n) is 1.34. The summed E-state index contributed by atoms with van der Waals surface area (Å²) in [7, 11) is 1.62. The highest BCUT2D eigenvalue weighted by molar-refractivity contribution is 6.32. The van der Waals surface area contributed by atoms with Gasteiger partial charge >= 0.3 is 0 Å². The third-order valence-electron chi connectivity index (χ3n) is 2.33. The molecule has 17 heavy (non-hydrogen) atoms. The Balaban J connectivity index is 2.76. The molecule has 0 radical (unpaired) electrons. The maximum atomic E-state index is 11.8. The highest BCUT2D eigenvalue weighted by atomic mass is 35.5. The smallest absolute Gasteiger partial charge is 0.287 e. The number of ether oxygens (including phenoxy) is 1.